The van der Waals surface area contributed by atoms with E-state index in [2.05, 4.69) is 16.5 Å². The van der Waals surface area contributed by atoms with Crippen molar-refractivity contribution in [1.82, 2.24) is 4.98 Å². The Morgan fingerprint density at radius 1 is 1.67 bits per heavy atom. The molecule has 0 aliphatic rings. The van der Waals surface area contributed by atoms with E-state index in [9.17, 15) is 0 Å². The average Bonchev–Trinajstić information content (AvgIpc) is 1.90. The first-order valence-electron chi connectivity index (χ1n) is 2.23. The summed E-state index contributed by atoms with van der Waals surface area (Å²) in [4.78, 5) is 3.81. The topological polar surface area (TPSA) is 50.9 Å². The van der Waals surface area contributed by atoms with Gasteiger partial charge in [0.2, 0.25) is 0 Å². The van der Waals surface area contributed by atoms with Gasteiger partial charge in [-0.1, -0.05) is 6.20 Å². The quantitative estimate of drug-likeness (QED) is 0.441. The molecule has 0 unspecified atom stereocenters. The molecule has 3 N–H and O–H groups in total. The number of nitrogen functional groups attached to an aromatic ring is 1. The molecule has 0 aliphatic carbocycles. The average molecular weight is 294 g/mol. The molecule has 0 aliphatic heterocycles. The third-order valence-electron chi connectivity index (χ3n) is 0.743. The van der Waals surface area contributed by atoms with Crippen molar-refractivity contribution in [2.75, 3.05) is 5.43 Å². The van der Waals surface area contributed by atoms with E-state index in [4.69, 9.17) is 5.84 Å². The molecule has 0 aromatic carbocycles. The van der Waals surface area contributed by atoms with Gasteiger partial charge in [0.15, 0.2) is 0 Å². The number of hydrazine groups is 1. The summed E-state index contributed by atoms with van der Waals surface area (Å²) in [5, 5.41) is 0. The molecule has 9 heavy (non-hydrogen) atoms. The molecule has 0 saturated heterocycles. The van der Waals surface area contributed by atoms with E-state index in [-0.39, 0.29) is 20.4 Å². The second-order valence-corrected chi connectivity index (χ2v) is 1.27. The Morgan fingerprint density at radius 3 is 2.78 bits per heavy atom. The van der Waals surface area contributed by atoms with Gasteiger partial charge in [-0.2, -0.15) is 6.07 Å². The van der Waals surface area contributed by atoms with Gasteiger partial charge >= 0.3 is 0 Å². The Hall–Kier alpha value is -0.428. The summed E-state index contributed by atoms with van der Waals surface area (Å²) in [5.41, 5.74) is 2.36. The van der Waals surface area contributed by atoms with Crippen molar-refractivity contribution in [3.8, 4) is 0 Å². The summed E-state index contributed by atoms with van der Waals surface area (Å²) < 4.78 is 0. The molecule has 0 atom stereocenters. The van der Waals surface area contributed by atoms with Crippen LogP contribution in [0.25, 0.3) is 0 Å². The molecular weight excluding hydrogens is 288 g/mol. The van der Waals surface area contributed by atoms with Crippen molar-refractivity contribution in [2.45, 2.75) is 0 Å². The van der Waals surface area contributed by atoms with Crippen molar-refractivity contribution >= 4 is 5.82 Å². The van der Waals surface area contributed by atoms with E-state index < -0.39 is 0 Å². The van der Waals surface area contributed by atoms with E-state index >= 15 is 0 Å². The predicted octanol–water partition coefficient (Wildman–Crippen LogP) is 0.165. The van der Waals surface area contributed by atoms with Gasteiger partial charge in [-0.25, -0.2) is 12.1 Å². The minimum absolute atomic E-state index is 0. The van der Waals surface area contributed by atoms with E-state index in [0.29, 0.717) is 5.82 Å². The zero-order valence-corrected chi connectivity index (χ0v) is 7.35. The van der Waals surface area contributed by atoms with Gasteiger partial charge < -0.3 is 5.43 Å². The molecule has 0 fully saturated rings. The maximum atomic E-state index is 5.01. The normalized spacial score (nSPS) is 7.67. The van der Waals surface area contributed by atoms with Crippen LogP contribution >= 0.6 is 0 Å². The number of nitrogens with one attached hydrogen (secondary N) is 1. The zero-order chi connectivity index (χ0) is 5.82. The fourth-order valence-electron chi connectivity index (χ4n) is 0.404. The van der Waals surface area contributed by atoms with E-state index in [0.717, 1.165) is 0 Å². The monoisotopic (exact) mass is 295 g/mol. The molecule has 0 spiro atoms. The first-order chi connectivity index (χ1) is 3.93. The summed E-state index contributed by atoms with van der Waals surface area (Å²) >= 11 is 0. The van der Waals surface area contributed by atoms with Gasteiger partial charge in [0.25, 0.3) is 0 Å². The molecule has 1 aromatic rings. The molecule has 4 heteroatoms. The minimum atomic E-state index is 0. The largest absolute Gasteiger partial charge is 0.325 e. The van der Waals surface area contributed by atoms with Gasteiger partial charge in [0, 0.05) is 26.2 Å². The van der Waals surface area contributed by atoms with Crippen molar-refractivity contribution in [3.63, 3.8) is 0 Å². The van der Waals surface area contributed by atoms with Crippen LogP contribution in [0.3, 0.4) is 0 Å². The van der Waals surface area contributed by atoms with Crippen LogP contribution in [-0.4, -0.2) is 4.98 Å². The molecule has 49 valence electrons. The fraction of sp³-hybridized carbons (Fsp3) is 0. The van der Waals surface area contributed by atoms with Crippen molar-refractivity contribution in [2.24, 2.45) is 5.84 Å². The SMILES string of the molecule is NNc1[c-]cccn1.[Re]. The molecule has 1 heterocycles. The fourth-order valence-corrected chi connectivity index (χ4v) is 0.404. The van der Waals surface area contributed by atoms with Crippen LogP contribution in [0.15, 0.2) is 18.3 Å². The van der Waals surface area contributed by atoms with E-state index in [1.165, 1.54) is 0 Å². The Morgan fingerprint density at radius 2 is 2.44 bits per heavy atom. The predicted molar refractivity (Wildman–Crippen MR) is 30.9 cm³/mol. The smallest absolute Gasteiger partial charge is 0.0456 e. The number of rotatable bonds is 1. The van der Waals surface area contributed by atoms with Gasteiger partial charge in [0.05, 0.1) is 0 Å². The number of nitrogens with zero attached hydrogens (tertiary/aromatic N) is 1. The van der Waals surface area contributed by atoms with Crippen molar-refractivity contribution in [1.29, 1.82) is 0 Å². The first-order valence-corrected chi connectivity index (χ1v) is 2.23. The second-order valence-electron chi connectivity index (χ2n) is 1.27. The van der Waals surface area contributed by atoms with Gasteiger partial charge in [-0.3, -0.25) is 10.8 Å². The molecule has 1 radical (unpaired) electrons. The first kappa shape index (κ1) is 8.57. The Balaban J connectivity index is 0.000000640. The molecule has 0 bridgehead atoms. The Bertz CT molecular complexity index is 154. The van der Waals surface area contributed by atoms with Gasteiger partial charge in [-0.15, -0.1) is 0 Å². The van der Waals surface area contributed by atoms with Crippen LogP contribution < -0.4 is 11.3 Å². The molecule has 3 nitrogen and oxygen atoms in total. The van der Waals surface area contributed by atoms with Crippen LogP contribution in [0.5, 0.6) is 0 Å². The molecule has 1 rings (SSSR count). The molecular formula is C5H6N3Re-. The number of nitrogens with two attached hydrogens (primary N) is 1. The number of anilines is 1. The zero-order valence-electron chi connectivity index (χ0n) is 4.63. The van der Waals surface area contributed by atoms with Crippen LogP contribution in [0.2, 0.25) is 0 Å². The van der Waals surface area contributed by atoms with Crippen molar-refractivity contribution < 1.29 is 20.4 Å². The maximum absolute atomic E-state index is 5.01. The summed E-state index contributed by atoms with van der Waals surface area (Å²) in [7, 11) is 0. The Labute approximate surface area is 67.3 Å². The second kappa shape index (κ2) is 4.45. The van der Waals surface area contributed by atoms with Gasteiger partial charge in [-0.05, 0) is 0 Å². The third kappa shape index (κ3) is 2.57. The molecule has 0 amide bonds. The van der Waals surface area contributed by atoms with Crippen LogP contribution in [0.1, 0.15) is 0 Å². The number of hydrogen-bond donors (Lipinski definition) is 2. The Kier molecular flexibility index (Phi) is 4.24. The summed E-state index contributed by atoms with van der Waals surface area (Å²) in [6.45, 7) is 0. The molecule has 0 saturated carbocycles. The maximum Gasteiger partial charge on any atom is 0.0456 e. The van der Waals surface area contributed by atoms with Crippen LogP contribution in [0, 0.1) is 6.07 Å². The van der Waals surface area contributed by atoms with Crippen LogP contribution in [-0.2, 0) is 20.4 Å². The molecule has 1 aromatic heterocycles. The number of pyridine rings is 1. The van der Waals surface area contributed by atoms with Crippen molar-refractivity contribution in [3.05, 3.63) is 24.4 Å². The van der Waals surface area contributed by atoms with E-state index in [1.807, 2.05) is 0 Å². The summed E-state index contributed by atoms with van der Waals surface area (Å²) in [6, 6.07) is 6.29. The third-order valence-corrected chi connectivity index (χ3v) is 0.743. The summed E-state index contributed by atoms with van der Waals surface area (Å²) in [6.07, 6.45) is 1.64. The standard InChI is InChI=1S/C5H6N3.Re/c6-8-5-3-1-2-4-7-5;/h1-2,4H,6H2,(H,7,8);/q-1;. The van der Waals surface area contributed by atoms with Crippen LogP contribution in [0.4, 0.5) is 5.82 Å². The van der Waals surface area contributed by atoms with E-state index in [1.54, 1.807) is 18.3 Å². The number of hydrogen-bond acceptors (Lipinski definition) is 3. The summed E-state index contributed by atoms with van der Waals surface area (Å²) in [5.74, 6) is 5.57. The number of aromatic nitrogens is 1. The van der Waals surface area contributed by atoms with Gasteiger partial charge in [0.1, 0.15) is 0 Å². The minimum Gasteiger partial charge on any atom is -0.325 e.